The average Bonchev–Trinajstić information content (AvgIpc) is 2.68. The summed E-state index contributed by atoms with van der Waals surface area (Å²) < 4.78 is 1.79. The van der Waals surface area contributed by atoms with E-state index in [-0.39, 0.29) is 11.1 Å². The quantitative estimate of drug-likeness (QED) is 0.881. The summed E-state index contributed by atoms with van der Waals surface area (Å²) in [6, 6.07) is 8.10. The van der Waals surface area contributed by atoms with Crippen LogP contribution in [0.3, 0.4) is 0 Å². The van der Waals surface area contributed by atoms with Crippen molar-refractivity contribution in [1.82, 2.24) is 4.57 Å². The molecule has 0 unspecified atom stereocenters. The highest BCUT2D eigenvalue weighted by Crippen LogP contribution is 2.22. The number of nitrogens with two attached hydrogens (primary N) is 1. The fourth-order valence-corrected chi connectivity index (χ4v) is 2.10. The Labute approximate surface area is 110 Å². The van der Waals surface area contributed by atoms with Crippen molar-refractivity contribution in [2.75, 3.05) is 0 Å². The maximum absolute atomic E-state index is 11.3. The number of carboxylic acid groups (broad SMARTS) is 1. The monoisotopic (exact) mass is 258 g/mol. The molecule has 0 radical (unpaired) electrons. The highest BCUT2D eigenvalue weighted by molar-refractivity contribution is 5.97. The van der Waals surface area contributed by atoms with E-state index in [4.69, 9.17) is 5.73 Å². The molecule has 98 valence electrons. The van der Waals surface area contributed by atoms with Crippen LogP contribution in [0.5, 0.6) is 0 Å². The number of hydrogen-bond donors (Lipinski definition) is 2. The van der Waals surface area contributed by atoms with Crippen molar-refractivity contribution < 1.29 is 14.7 Å². The Bertz CT molecular complexity index is 652. The second kappa shape index (κ2) is 4.61. The molecule has 2 aromatic rings. The zero-order valence-electron chi connectivity index (χ0n) is 10.7. The van der Waals surface area contributed by atoms with Gasteiger partial charge in [-0.3, -0.25) is 4.79 Å². The van der Waals surface area contributed by atoms with Gasteiger partial charge in [0.1, 0.15) is 0 Å². The normalized spacial score (nSPS) is 10.4. The van der Waals surface area contributed by atoms with Crippen molar-refractivity contribution in [3.63, 3.8) is 0 Å². The summed E-state index contributed by atoms with van der Waals surface area (Å²) in [5.74, 6) is -1.63. The van der Waals surface area contributed by atoms with Gasteiger partial charge in [0, 0.05) is 17.0 Å². The van der Waals surface area contributed by atoms with E-state index < -0.39 is 11.9 Å². The van der Waals surface area contributed by atoms with Crippen LogP contribution in [0, 0.1) is 13.8 Å². The summed E-state index contributed by atoms with van der Waals surface area (Å²) in [5.41, 5.74) is 7.89. The molecule has 2 rings (SSSR count). The van der Waals surface area contributed by atoms with E-state index in [9.17, 15) is 14.7 Å². The molecule has 1 heterocycles. The van der Waals surface area contributed by atoms with E-state index in [0.29, 0.717) is 5.69 Å². The van der Waals surface area contributed by atoms with Crippen molar-refractivity contribution in [2.24, 2.45) is 5.73 Å². The van der Waals surface area contributed by atoms with Gasteiger partial charge in [0.05, 0.1) is 11.3 Å². The number of carbonyl (C=O) groups is 2. The smallest absolute Gasteiger partial charge is 0.337 e. The van der Waals surface area contributed by atoms with Crippen LogP contribution in [0.15, 0.2) is 30.3 Å². The molecule has 0 saturated carbocycles. The minimum absolute atomic E-state index is 0.132. The van der Waals surface area contributed by atoms with Crippen molar-refractivity contribution >= 4 is 11.9 Å². The third kappa shape index (κ3) is 2.22. The molecule has 0 aliphatic heterocycles. The molecular formula is C14H14N2O3. The van der Waals surface area contributed by atoms with Crippen LogP contribution in [-0.2, 0) is 0 Å². The summed E-state index contributed by atoms with van der Waals surface area (Å²) in [7, 11) is 0. The maximum Gasteiger partial charge on any atom is 0.337 e. The maximum atomic E-state index is 11.3. The van der Waals surface area contributed by atoms with Gasteiger partial charge in [-0.15, -0.1) is 0 Å². The molecule has 0 aliphatic carbocycles. The first-order valence-electron chi connectivity index (χ1n) is 5.74. The lowest BCUT2D eigenvalue weighted by Crippen LogP contribution is -2.14. The predicted molar refractivity (Wildman–Crippen MR) is 70.7 cm³/mol. The second-order valence-corrected chi connectivity index (χ2v) is 4.35. The van der Waals surface area contributed by atoms with Crippen molar-refractivity contribution in [2.45, 2.75) is 13.8 Å². The number of nitrogens with zero attached hydrogens (tertiary/aromatic N) is 1. The summed E-state index contributed by atoms with van der Waals surface area (Å²) in [6.45, 7) is 3.74. The first-order valence-corrected chi connectivity index (χ1v) is 5.74. The number of rotatable bonds is 3. The Balaban J connectivity index is 2.75. The van der Waals surface area contributed by atoms with Gasteiger partial charge in [0.2, 0.25) is 5.91 Å². The molecule has 1 amide bonds. The number of aromatic carboxylic acids is 1. The standard InChI is InChI=1S/C14H14N2O3/c1-8-3-4-9(2)16(8)12-7-10(13(15)17)5-6-11(12)14(18)19/h3-7H,1-2H3,(H2,15,17)(H,18,19). The lowest BCUT2D eigenvalue weighted by Gasteiger charge is -2.13. The fraction of sp³-hybridized carbons (Fsp3) is 0.143. The minimum Gasteiger partial charge on any atom is -0.478 e. The molecule has 0 spiro atoms. The van der Waals surface area contributed by atoms with Gasteiger partial charge in [0.25, 0.3) is 0 Å². The molecule has 1 aromatic carbocycles. The topological polar surface area (TPSA) is 85.3 Å². The van der Waals surface area contributed by atoms with Gasteiger partial charge in [-0.05, 0) is 44.2 Å². The molecule has 1 aromatic heterocycles. The van der Waals surface area contributed by atoms with E-state index in [0.717, 1.165) is 11.4 Å². The van der Waals surface area contributed by atoms with Crippen LogP contribution in [0.25, 0.3) is 5.69 Å². The van der Waals surface area contributed by atoms with Crippen LogP contribution in [0.2, 0.25) is 0 Å². The number of amides is 1. The summed E-state index contributed by atoms with van der Waals surface area (Å²) in [4.78, 5) is 22.5. The first kappa shape index (κ1) is 12.9. The van der Waals surface area contributed by atoms with Crippen LogP contribution in [0.4, 0.5) is 0 Å². The number of benzene rings is 1. The van der Waals surface area contributed by atoms with Crippen LogP contribution in [-0.4, -0.2) is 21.6 Å². The van der Waals surface area contributed by atoms with Crippen molar-refractivity contribution in [3.8, 4) is 5.69 Å². The Morgan fingerprint density at radius 1 is 1.11 bits per heavy atom. The predicted octanol–water partition coefficient (Wildman–Crippen LogP) is 1.89. The molecule has 0 bridgehead atoms. The van der Waals surface area contributed by atoms with Crippen LogP contribution < -0.4 is 5.73 Å². The van der Waals surface area contributed by atoms with E-state index in [1.54, 1.807) is 4.57 Å². The Kier molecular flexibility index (Phi) is 3.12. The first-order chi connectivity index (χ1) is 8.91. The molecule has 0 saturated heterocycles. The molecule has 0 aliphatic rings. The average molecular weight is 258 g/mol. The minimum atomic E-state index is -1.04. The molecule has 3 N–H and O–H groups in total. The lowest BCUT2D eigenvalue weighted by atomic mass is 10.1. The van der Waals surface area contributed by atoms with Gasteiger partial charge in [-0.1, -0.05) is 0 Å². The Hall–Kier alpha value is -2.56. The van der Waals surface area contributed by atoms with Crippen LogP contribution in [0.1, 0.15) is 32.1 Å². The third-order valence-corrected chi connectivity index (χ3v) is 3.02. The number of primary amides is 1. The van der Waals surface area contributed by atoms with Crippen LogP contribution >= 0.6 is 0 Å². The van der Waals surface area contributed by atoms with Crippen molar-refractivity contribution in [1.29, 1.82) is 0 Å². The van der Waals surface area contributed by atoms with Gasteiger partial charge in [0.15, 0.2) is 0 Å². The SMILES string of the molecule is Cc1ccc(C)n1-c1cc(C(N)=O)ccc1C(=O)O. The molecule has 0 fully saturated rings. The number of hydrogen-bond acceptors (Lipinski definition) is 2. The largest absolute Gasteiger partial charge is 0.478 e. The van der Waals surface area contributed by atoms with Gasteiger partial charge < -0.3 is 15.4 Å². The summed E-state index contributed by atoms with van der Waals surface area (Å²) in [6.07, 6.45) is 0. The molecule has 5 heteroatoms. The second-order valence-electron chi connectivity index (χ2n) is 4.35. The number of carboxylic acids is 1. The summed E-state index contributed by atoms with van der Waals surface area (Å²) >= 11 is 0. The zero-order chi connectivity index (χ0) is 14.2. The summed E-state index contributed by atoms with van der Waals surface area (Å²) in [5, 5.41) is 9.25. The molecular weight excluding hydrogens is 244 g/mol. The number of aromatic nitrogens is 1. The molecule has 5 nitrogen and oxygen atoms in total. The van der Waals surface area contributed by atoms with Gasteiger partial charge >= 0.3 is 5.97 Å². The van der Waals surface area contributed by atoms with E-state index in [1.165, 1.54) is 18.2 Å². The highest BCUT2D eigenvalue weighted by atomic mass is 16.4. The van der Waals surface area contributed by atoms with E-state index in [1.807, 2.05) is 26.0 Å². The van der Waals surface area contributed by atoms with Gasteiger partial charge in [-0.2, -0.15) is 0 Å². The Morgan fingerprint density at radius 3 is 2.16 bits per heavy atom. The zero-order valence-corrected chi connectivity index (χ0v) is 10.7. The van der Waals surface area contributed by atoms with Gasteiger partial charge in [-0.25, -0.2) is 4.79 Å². The van der Waals surface area contributed by atoms with E-state index in [2.05, 4.69) is 0 Å². The lowest BCUT2D eigenvalue weighted by molar-refractivity contribution is 0.0696. The Morgan fingerprint density at radius 2 is 1.68 bits per heavy atom. The number of carbonyl (C=O) groups excluding carboxylic acids is 1. The molecule has 19 heavy (non-hydrogen) atoms. The fourth-order valence-electron chi connectivity index (χ4n) is 2.10. The number of aryl methyl sites for hydroxylation is 2. The third-order valence-electron chi connectivity index (χ3n) is 3.02. The van der Waals surface area contributed by atoms with E-state index >= 15 is 0 Å². The highest BCUT2D eigenvalue weighted by Gasteiger charge is 2.16. The molecule has 0 atom stereocenters. The van der Waals surface area contributed by atoms with Crippen molar-refractivity contribution in [3.05, 3.63) is 52.8 Å².